The molecular weight excluding hydrogens is 286 g/mol. The molecule has 0 aromatic heterocycles. The Bertz CT molecular complexity index is 468. The van der Waals surface area contributed by atoms with E-state index >= 15 is 0 Å². The second-order valence-electron chi connectivity index (χ2n) is 8.35. The number of benzene rings is 1. The number of nitrogens with two attached hydrogens (primary N) is 1. The molecule has 3 atom stereocenters. The average Bonchev–Trinajstić information content (AvgIpc) is 2.45. The first-order valence-corrected chi connectivity index (χ1v) is 11.5. The predicted octanol–water partition coefficient (Wildman–Crippen LogP) is 4.31. The number of hydrogen-bond acceptors (Lipinski definition) is 2. The van der Waals surface area contributed by atoms with Crippen LogP contribution in [0.15, 0.2) is 30.3 Å². The van der Waals surface area contributed by atoms with Crippen LogP contribution in [-0.2, 0) is 4.43 Å². The van der Waals surface area contributed by atoms with Crippen molar-refractivity contribution in [1.29, 1.82) is 0 Å². The van der Waals surface area contributed by atoms with E-state index in [4.69, 9.17) is 10.2 Å². The lowest BCUT2D eigenvalue weighted by atomic mass is 9.58. The fourth-order valence-corrected chi connectivity index (χ4v) is 4.66. The van der Waals surface area contributed by atoms with Crippen molar-refractivity contribution in [3.05, 3.63) is 35.9 Å². The molecule has 0 radical (unpaired) electrons. The van der Waals surface area contributed by atoms with Gasteiger partial charge in [-0.15, -0.1) is 0 Å². The van der Waals surface area contributed by atoms with Crippen LogP contribution in [-0.4, -0.2) is 21.2 Å². The van der Waals surface area contributed by atoms with Gasteiger partial charge in [0.2, 0.25) is 0 Å². The van der Waals surface area contributed by atoms with E-state index in [1.807, 2.05) is 0 Å². The van der Waals surface area contributed by atoms with Crippen LogP contribution in [0.1, 0.15) is 51.5 Å². The van der Waals surface area contributed by atoms with Crippen LogP contribution in [0.2, 0.25) is 13.1 Å². The first-order chi connectivity index (χ1) is 10.2. The van der Waals surface area contributed by atoms with E-state index in [2.05, 4.69) is 64.2 Å². The van der Waals surface area contributed by atoms with Gasteiger partial charge in [-0.1, -0.05) is 57.5 Å². The molecule has 1 aromatic carbocycles. The van der Waals surface area contributed by atoms with Crippen molar-refractivity contribution in [1.82, 2.24) is 0 Å². The van der Waals surface area contributed by atoms with Crippen molar-refractivity contribution in [3.8, 4) is 0 Å². The van der Waals surface area contributed by atoms with Crippen molar-refractivity contribution in [3.63, 3.8) is 0 Å². The summed E-state index contributed by atoms with van der Waals surface area (Å²) in [7, 11) is -1.05. The van der Waals surface area contributed by atoms with Gasteiger partial charge in [-0.25, -0.2) is 0 Å². The van der Waals surface area contributed by atoms with Crippen LogP contribution in [0.25, 0.3) is 0 Å². The summed E-state index contributed by atoms with van der Waals surface area (Å²) in [6.45, 7) is 12.2. The van der Waals surface area contributed by atoms with Gasteiger partial charge < -0.3 is 10.2 Å². The highest BCUT2D eigenvalue weighted by Crippen LogP contribution is 2.50. The van der Waals surface area contributed by atoms with E-state index in [1.54, 1.807) is 0 Å². The molecule has 0 heterocycles. The summed E-state index contributed by atoms with van der Waals surface area (Å²) >= 11 is 0. The molecule has 0 saturated heterocycles. The van der Waals surface area contributed by atoms with Crippen molar-refractivity contribution in [2.75, 3.05) is 6.61 Å². The minimum absolute atomic E-state index is 0.227. The Morgan fingerprint density at radius 1 is 1.23 bits per heavy atom. The Morgan fingerprint density at radius 3 is 2.41 bits per heavy atom. The maximum absolute atomic E-state index is 6.97. The molecule has 2 nitrogen and oxygen atoms in total. The maximum atomic E-state index is 6.97. The molecule has 3 heteroatoms. The van der Waals surface area contributed by atoms with E-state index in [1.165, 1.54) is 18.4 Å². The van der Waals surface area contributed by atoms with Gasteiger partial charge in [0.15, 0.2) is 9.04 Å². The summed E-state index contributed by atoms with van der Waals surface area (Å²) in [6.07, 6.45) is 3.55. The molecule has 3 unspecified atom stereocenters. The van der Waals surface area contributed by atoms with Crippen molar-refractivity contribution in [2.45, 2.75) is 64.6 Å². The normalized spacial score (nSPS) is 29.8. The van der Waals surface area contributed by atoms with Gasteiger partial charge in [0.25, 0.3) is 0 Å². The Hall–Kier alpha value is -0.643. The molecule has 1 fully saturated rings. The van der Waals surface area contributed by atoms with E-state index in [0.29, 0.717) is 18.4 Å². The molecular formula is C19H33NOSi. The maximum Gasteiger partial charge on any atom is 0.170 e. The molecule has 124 valence electrons. The zero-order chi connectivity index (χ0) is 16.4. The highest BCUT2D eigenvalue weighted by atomic mass is 28.3. The molecule has 2 N–H and O–H groups in total. The SMILES string of the molecule is C[SiH](C)OCC1(N)CCCC(C(C)(C)C)C1c1ccccc1. The number of rotatable bonds is 4. The highest BCUT2D eigenvalue weighted by Gasteiger charge is 2.47. The lowest BCUT2D eigenvalue weighted by Crippen LogP contribution is -2.56. The van der Waals surface area contributed by atoms with Crippen LogP contribution in [0.4, 0.5) is 0 Å². The van der Waals surface area contributed by atoms with Crippen LogP contribution in [0, 0.1) is 11.3 Å². The van der Waals surface area contributed by atoms with Gasteiger partial charge in [0.1, 0.15) is 0 Å². The first kappa shape index (κ1) is 17.7. The van der Waals surface area contributed by atoms with Gasteiger partial charge in [0, 0.05) is 11.5 Å². The quantitative estimate of drug-likeness (QED) is 0.839. The Kier molecular flexibility index (Phi) is 5.52. The van der Waals surface area contributed by atoms with Crippen LogP contribution in [0.5, 0.6) is 0 Å². The second-order valence-corrected chi connectivity index (χ2v) is 10.8. The average molecular weight is 320 g/mol. The minimum Gasteiger partial charge on any atom is -0.419 e. The van der Waals surface area contributed by atoms with Gasteiger partial charge in [-0.05, 0) is 42.8 Å². The van der Waals surface area contributed by atoms with E-state index in [-0.39, 0.29) is 11.0 Å². The topological polar surface area (TPSA) is 35.2 Å². The van der Waals surface area contributed by atoms with Crippen molar-refractivity contribution >= 4 is 9.04 Å². The minimum atomic E-state index is -1.05. The third kappa shape index (κ3) is 4.00. The number of hydrogen-bond donors (Lipinski definition) is 1. The monoisotopic (exact) mass is 319 g/mol. The van der Waals surface area contributed by atoms with Crippen LogP contribution >= 0.6 is 0 Å². The fourth-order valence-electron chi connectivity index (χ4n) is 4.02. The van der Waals surface area contributed by atoms with E-state index in [0.717, 1.165) is 6.42 Å². The van der Waals surface area contributed by atoms with Gasteiger partial charge in [0.05, 0.1) is 6.61 Å². The molecule has 1 aromatic rings. The van der Waals surface area contributed by atoms with Crippen LogP contribution < -0.4 is 5.73 Å². The molecule has 0 spiro atoms. The van der Waals surface area contributed by atoms with E-state index in [9.17, 15) is 0 Å². The lowest BCUT2D eigenvalue weighted by Gasteiger charge is -2.51. The Balaban J connectivity index is 2.38. The highest BCUT2D eigenvalue weighted by molar-refractivity contribution is 6.48. The Labute approximate surface area is 138 Å². The molecule has 2 rings (SSSR count). The van der Waals surface area contributed by atoms with Crippen molar-refractivity contribution < 1.29 is 4.43 Å². The molecule has 1 aliphatic carbocycles. The lowest BCUT2D eigenvalue weighted by molar-refractivity contribution is 0.0585. The summed E-state index contributed by atoms with van der Waals surface area (Å²) in [6, 6.07) is 10.9. The van der Waals surface area contributed by atoms with Crippen molar-refractivity contribution in [2.24, 2.45) is 17.1 Å². The fraction of sp³-hybridized carbons (Fsp3) is 0.684. The predicted molar refractivity (Wildman–Crippen MR) is 97.7 cm³/mol. The smallest absolute Gasteiger partial charge is 0.170 e. The van der Waals surface area contributed by atoms with Crippen LogP contribution in [0.3, 0.4) is 0 Å². The molecule has 0 amide bonds. The Morgan fingerprint density at radius 2 is 1.86 bits per heavy atom. The summed E-state index contributed by atoms with van der Waals surface area (Å²) in [5, 5.41) is 0. The molecule has 1 saturated carbocycles. The van der Waals surface area contributed by atoms with E-state index < -0.39 is 9.04 Å². The molecule has 0 bridgehead atoms. The standard InChI is InChI=1S/C19H33NOSi/c1-18(2,3)16-12-9-13-19(20,14-21-22(4)5)17(16)15-10-7-6-8-11-15/h6-8,10-11,16-17,22H,9,12-14,20H2,1-5H3. The third-order valence-corrected chi connectivity index (χ3v) is 5.97. The third-order valence-electron chi connectivity index (χ3n) is 5.14. The summed E-state index contributed by atoms with van der Waals surface area (Å²) in [5.74, 6) is 0.987. The first-order valence-electron chi connectivity index (χ1n) is 8.69. The molecule has 0 aliphatic heterocycles. The largest absolute Gasteiger partial charge is 0.419 e. The molecule has 1 aliphatic rings. The summed E-state index contributed by atoms with van der Waals surface area (Å²) in [4.78, 5) is 0. The van der Waals surface area contributed by atoms with Gasteiger partial charge in [-0.2, -0.15) is 0 Å². The zero-order valence-electron chi connectivity index (χ0n) is 14.9. The summed E-state index contributed by atoms with van der Waals surface area (Å²) in [5.41, 5.74) is 8.39. The summed E-state index contributed by atoms with van der Waals surface area (Å²) < 4.78 is 6.11. The molecule has 22 heavy (non-hydrogen) atoms. The second kappa shape index (κ2) is 6.86. The van der Waals surface area contributed by atoms with Gasteiger partial charge >= 0.3 is 0 Å². The van der Waals surface area contributed by atoms with Gasteiger partial charge in [-0.3, -0.25) is 0 Å². The zero-order valence-corrected chi connectivity index (χ0v) is 16.1.